The molecule has 1 aliphatic rings. The maximum Gasteiger partial charge on any atom is 0.193 e. The van der Waals surface area contributed by atoms with Crippen molar-refractivity contribution >= 4 is 29.9 Å². The maximum atomic E-state index is 4.61. The van der Waals surface area contributed by atoms with E-state index in [1.54, 1.807) is 0 Å². The van der Waals surface area contributed by atoms with Gasteiger partial charge in [0.1, 0.15) is 0 Å². The summed E-state index contributed by atoms with van der Waals surface area (Å²) in [5.74, 6) is 2.02. The average molecular weight is 353 g/mol. The standard InChI is InChI=1S/C13H27N3.HI/c1-4-14-13(16(2)3)15-11-7-10-12-8-5-6-9-12;/h12H,4-11H2,1-3H3,(H,14,15);1H. The first kappa shape index (κ1) is 17.0. The molecule has 17 heavy (non-hydrogen) atoms. The van der Waals surface area contributed by atoms with Crippen LogP contribution < -0.4 is 5.32 Å². The van der Waals surface area contributed by atoms with Crippen molar-refractivity contribution in [3.05, 3.63) is 0 Å². The SMILES string of the molecule is CCNC(=NCCCC1CCCC1)N(C)C.I. The van der Waals surface area contributed by atoms with Crippen LogP contribution in [0.1, 0.15) is 45.4 Å². The molecule has 0 aromatic carbocycles. The smallest absolute Gasteiger partial charge is 0.193 e. The van der Waals surface area contributed by atoms with E-state index in [1.165, 1.54) is 38.5 Å². The fourth-order valence-electron chi connectivity index (χ4n) is 2.38. The number of guanidine groups is 1. The van der Waals surface area contributed by atoms with Crippen molar-refractivity contribution in [1.82, 2.24) is 10.2 Å². The van der Waals surface area contributed by atoms with Crippen LogP contribution >= 0.6 is 24.0 Å². The van der Waals surface area contributed by atoms with E-state index in [4.69, 9.17) is 0 Å². The zero-order valence-corrected chi connectivity index (χ0v) is 13.9. The van der Waals surface area contributed by atoms with Gasteiger partial charge in [-0.2, -0.15) is 0 Å². The van der Waals surface area contributed by atoms with Gasteiger partial charge in [0, 0.05) is 27.2 Å². The van der Waals surface area contributed by atoms with Gasteiger partial charge in [-0.15, -0.1) is 24.0 Å². The van der Waals surface area contributed by atoms with E-state index in [2.05, 4.69) is 22.1 Å². The molecule has 4 heteroatoms. The Balaban J connectivity index is 0.00000256. The summed E-state index contributed by atoms with van der Waals surface area (Å²) in [6.45, 7) is 4.02. The molecule has 1 rings (SSSR count). The molecule has 102 valence electrons. The summed E-state index contributed by atoms with van der Waals surface area (Å²) in [5.41, 5.74) is 0. The molecule has 0 aliphatic heterocycles. The lowest BCUT2D eigenvalue weighted by molar-refractivity contribution is 0.485. The van der Waals surface area contributed by atoms with Gasteiger partial charge in [-0.3, -0.25) is 4.99 Å². The minimum Gasteiger partial charge on any atom is -0.357 e. The van der Waals surface area contributed by atoms with Gasteiger partial charge < -0.3 is 10.2 Å². The first-order chi connectivity index (χ1) is 7.74. The van der Waals surface area contributed by atoms with Gasteiger partial charge in [0.15, 0.2) is 5.96 Å². The zero-order chi connectivity index (χ0) is 11.8. The van der Waals surface area contributed by atoms with Crippen LogP contribution in [0.3, 0.4) is 0 Å². The molecule has 0 amide bonds. The van der Waals surface area contributed by atoms with E-state index in [9.17, 15) is 0 Å². The highest BCUT2D eigenvalue weighted by Crippen LogP contribution is 2.28. The first-order valence-corrected chi connectivity index (χ1v) is 6.69. The van der Waals surface area contributed by atoms with E-state index in [0.29, 0.717) is 0 Å². The summed E-state index contributed by atoms with van der Waals surface area (Å²) in [4.78, 5) is 6.66. The molecule has 1 aliphatic carbocycles. The van der Waals surface area contributed by atoms with Gasteiger partial charge in [0.05, 0.1) is 0 Å². The quantitative estimate of drug-likeness (QED) is 0.356. The number of halogens is 1. The van der Waals surface area contributed by atoms with Crippen molar-refractivity contribution in [2.75, 3.05) is 27.2 Å². The van der Waals surface area contributed by atoms with E-state index in [-0.39, 0.29) is 24.0 Å². The van der Waals surface area contributed by atoms with Crippen molar-refractivity contribution in [1.29, 1.82) is 0 Å². The molecule has 3 nitrogen and oxygen atoms in total. The third-order valence-corrected chi connectivity index (χ3v) is 3.27. The molecule has 0 bridgehead atoms. The van der Waals surface area contributed by atoms with Gasteiger partial charge in [0.25, 0.3) is 0 Å². The second kappa shape index (κ2) is 9.97. The Morgan fingerprint density at radius 2 is 1.94 bits per heavy atom. The van der Waals surface area contributed by atoms with Crippen LogP contribution in [0, 0.1) is 5.92 Å². The predicted molar refractivity (Wildman–Crippen MR) is 86.3 cm³/mol. The third kappa shape index (κ3) is 7.11. The molecule has 1 fully saturated rings. The van der Waals surface area contributed by atoms with E-state index in [0.717, 1.165) is 25.0 Å². The monoisotopic (exact) mass is 353 g/mol. The highest BCUT2D eigenvalue weighted by atomic mass is 127. The number of hydrogen-bond acceptors (Lipinski definition) is 1. The van der Waals surface area contributed by atoms with Gasteiger partial charge in [-0.25, -0.2) is 0 Å². The van der Waals surface area contributed by atoms with Crippen LogP contribution in [0.25, 0.3) is 0 Å². The van der Waals surface area contributed by atoms with Crippen molar-refractivity contribution in [2.45, 2.75) is 45.4 Å². The highest BCUT2D eigenvalue weighted by molar-refractivity contribution is 14.0. The number of nitrogens with zero attached hydrogens (tertiary/aromatic N) is 2. The minimum absolute atomic E-state index is 0. The Morgan fingerprint density at radius 3 is 2.47 bits per heavy atom. The molecule has 0 heterocycles. The molecule has 0 aromatic heterocycles. The number of aliphatic imine (C=N–C) groups is 1. The Hall–Kier alpha value is 0. The molecule has 0 unspecified atom stereocenters. The van der Waals surface area contributed by atoms with E-state index in [1.807, 2.05) is 14.1 Å². The van der Waals surface area contributed by atoms with E-state index < -0.39 is 0 Å². The van der Waals surface area contributed by atoms with Gasteiger partial charge in [0.2, 0.25) is 0 Å². The minimum atomic E-state index is 0. The summed E-state index contributed by atoms with van der Waals surface area (Å²) in [6, 6.07) is 0. The normalized spacial score (nSPS) is 16.8. The molecule has 0 saturated heterocycles. The summed E-state index contributed by atoms with van der Waals surface area (Å²) >= 11 is 0. The lowest BCUT2D eigenvalue weighted by Crippen LogP contribution is -2.36. The number of nitrogens with one attached hydrogen (secondary N) is 1. The molecular weight excluding hydrogens is 325 g/mol. The van der Waals surface area contributed by atoms with Gasteiger partial charge >= 0.3 is 0 Å². The molecule has 0 aromatic rings. The molecule has 0 spiro atoms. The molecule has 0 radical (unpaired) electrons. The Labute approximate surface area is 123 Å². The number of hydrogen-bond donors (Lipinski definition) is 1. The lowest BCUT2D eigenvalue weighted by atomic mass is 10.0. The summed E-state index contributed by atoms with van der Waals surface area (Å²) in [5, 5.41) is 3.29. The van der Waals surface area contributed by atoms with Crippen LogP contribution in [0.5, 0.6) is 0 Å². The predicted octanol–water partition coefficient (Wildman–Crippen LogP) is 3.10. The van der Waals surface area contributed by atoms with Gasteiger partial charge in [-0.1, -0.05) is 25.7 Å². The Morgan fingerprint density at radius 1 is 1.29 bits per heavy atom. The van der Waals surface area contributed by atoms with Crippen LogP contribution in [0.2, 0.25) is 0 Å². The third-order valence-electron chi connectivity index (χ3n) is 3.27. The second-order valence-corrected chi connectivity index (χ2v) is 4.92. The summed E-state index contributed by atoms with van der Waals surface area (Å²) in [7, 11) is 4.08. The fraction of sp³-hybridized carbons (Fsp3) is 0.923. The molecule has 1 saturated carbocycles. The zero-order valence-electron chi connectivity index (χ0n) is 11.5. The number of rotatable bonds is 5. The molecule has 0 atom stereocenters. The average Bonchev–Trinajstić information content (AvgIpc) is 2.75. The second-order valence-electron chi connectivity index (χ2n) is 4.92. The Bertz CT molecular complexity index is 211. The lowest BCUT2D eigenvalue weighted by Gasteiger charge is -2.16. The Kier molecular flexibility index (Phi) is 9.97. The summed E-state index contributed by atoms with van der Waals surface area (Å²) in [6.07, 6.45) is 8.43. The van der Waals surface area contributed by atoms with E-state index >= 15 is 0 Å². The van der Waals surface area contributed by atoms with Crippen LogP contribution in [-0.2, 0) is 0 Å². The molecular formula is C13H28IN3. The fourth-order valence-corrected chi connectivity index (χ4v) is 2.38. The first-order valence-electron chi connectivity index (χ1n) is 6.69. The highest BCUT2D eigenvalue weighted by Gasteiger charge is 2.13. The van der Waals surface area contributed by atoms with Gasteiger partial charge in [-0.05, 0) is 25.7 Å². The van der Waals surface area contributed by atoms with Crippen LogP contribution in [-0.4, -0.2) is 38.0 Å². The summed E-state index contributed by atoms with van der Waals surface area (Å²) < 4.78 is 0. The van der Waals surface area contributed by atoms with Crippen molar-refractivity contribution in [3.8, 4) is 0 Å². The maximum absolute atomic E-state index is 4.61. The van der Waals surface area contributed by atoms with Crippen molar-refractivity contribution in [3.63, 3.8) is 0 Å². The van der Waals surface area contributed by atoms with Crippen LogP contribution in [0.4, 0.5) is 0 Å². The largest absolute Gasteiger partial charge is 0.357 e. The topological polar surface area (TPSA) is 27.6 Å². The van der Waals surface area contributed by atoms with Crippen LogP contribution in [0.15, 0.2) is 4.99 Å². The van der Waals surface area contributed by atoms with Crippen molar-refractivity contribution in [2.24, 2.45) is 10.9 Å². The van der Waals surface area contributed by atoms with Crippen molar-refractivity contribution < 1.29 is 0 Å². The molecule has 1 N–H and O–H groups in total.